The lowest BCUT2D eigenvalue weighted by Crippen LogP contribution is -2.50. The number of halogens is 2. The number of hydrogen-bond donors (Lipinski definition) is 2. The standard InChI is InChI=1S/C18H24F2N2O3S/c1-26(24,25)11-18(5-6-18)9-17(23)22-16-10-21-7-4-13(16)12-2-3-14(19)15(20)8-12/h2-3,8,13,16,21H,4-7,9-11H2,1H3,(H,22,23). The van der Waals surface area contributed by atoms with Crippen molar-refractivity contribution in [2.75, 3.05) is 25.1 Å². The van der Waals surface area contributed by atoms with Crippen molar-refractivity contribution in [2.24, 2.45) is 5.41 Å². The first kappa shape index (κ1) is 19.2. The number of nitrogens with one attached hydrogen (secondary N) is 2. The highest BCUT2D eigenvalue weighted by atomic mass is 32.2. The van der Waals surface area contributed by atoms with Gasteiger partial charge >= 0.3 is 0 Å². The summed E-state index contributed by atoms with van der Waals surface area (Å²) in [6.45, 7) is 1.27. The third-order valence-electron chi connectivity index (χ3n) is 5.26. The number of rotatable bonds is 6. The summed E-state index contributed by atoms with van der Waals surface area (Å²) in [4.78, 5) is 12.5. The van der Waals surface area contributed by atoms with E-state index < -0.39 is 26.9 Å². The Morgan fingerprint density at radius 3 is 2.65 bits per heavy atom. The molecule has 0 radical (unpaired) electrons. The van der Waals surface area contributed by atoms with Crippen molar-refractivity contribution in [3.63, 3.8) is 0 Å². The van der Waals surface area contributed by atoms with Gasteiger partial charge in [0.25, 0.3) is 0 Å². The van der Waals surface area contributed by atoms with Crippen molar-refractivity contribution in [1.82, 2.24) is 10.6 Å². The molecule has 8 heteroatoms. The topological polar surface area (TPSA) is 75.3 Å². The van der Waals surface area contributed by atoms with E-state index in [1.54, 1.807) is 6.07 Å². The molecule has 2 atom stereocenters. The molecule has 2 N–H and O–H groups in total. The quantitative estimate of drug-likeness (QED) is 0.781. The van der Waals surface area contributed by atoms with Crippen LogP contribution in [0.1, 0.15) is 37.2 Å². The van der Waals surface area contributed by atoms with E-state index in [2.05, 4.69) is 10.6 Å². The lowest BCUT2D eigenvalue weighted by atomic mass is 9.85. The SMILES string of the molecule is CS(=O)(=O)CC1(CC(=O)NC2CNCCC2c2ccc(F)c(F)c2)CC1. The number of benzene rings is 1. The Bertz CT molecular complexity index is 794. The minimum Gasteiger partial charge on any atom is -0.351 e. The molecule has 1 aliphatic carbocycles. The van der Waals surface area contributed by atoms with E-state index in [4.69, 9.17) is 0 Å². The summed E-state index contributed by atoms with van der Waals surface area (Å²) in [7, 11) is -3.13. The van der Waals surface area contributed by atoms with E-state index in [0.29, 0.717) is 18.5 Å². The second-order valence-corrected chi connectivity index (χ2v) is 9.83. The fourth-order valence-electron chi connectivity index (χ4n) is 3.86. The zero-order valence-electron chi connectivity index (χ0n) is 14.7. The molecule has 1 heterocycles. The summed E-state index contributed by atoms with van der Waals surface area (Å²) >= 11 is 0. The highest BCUT2D eigenvalue weighted by molar-refractivity contribution is 7.90. The maximum Gasteiger partial charge on any atom is 0.220 e. The van der Waals surface area contributed by atoms with Gasteiger partial charge in [-0.1, -0.05) is 6.07 Å². The highest BCUT2D eigenvalue weighted by Gasteiger charge is 2.47. The second-order valence-electron chi connectivity index (χ2n) is 7.69. The number of amides is 1. The lowest BCUT2D eigenvalue weighted by molar-refractivity contribution is -0.123. The molecule has 2 fully saturated rings. The van der Waals surface area contributed by atoms with Crippen LogP contribution in [0, 0.1) is 17.0 Å². The molecular formula is C18H24F2N2O3S. The molecule has 1 saturated heterocycles. The van der Waals surface area contributed by atoms with E-state index in [1.165, 1.54) is 12.3 Å². The van der Waals surface area contributed by atoms with E-state index in [1.807, 2.05) is 0 Å². The van der Waals surface area contributed by atoms with E-state index in [0.717, 1.165) is 25.5 Å². The van der Waals surface area contributed by atoms with Crippen LogP contribution in [0.15, 0.2) is 18.2 Å². The summed E-state index contributed by atoms with van der Waals surface area (Å²) in [6, 6.07) is 3.61. The first-order valence-electron chi connectivity index (χ1n) is 8.80. The molecule has 5 nitrogen and oxygen atoms in total. The molecule has 0 spiro atoms. The minimum atomic E-state index is -3.13. The van der Waals surface area contributed by atoms with Gasteiger partial charge in [0, 0.05) is 31.2 Å². The van der Waals surface area contributed by atoms with Crippen LogP contribution in [0.4, 0.5) is 8.78 Å². The van der Waals surface area contributed by atoms with Crippen LogP contribution in [0.2, 0.25) is 0 Å². The molecule has 1 saturated carbocycles. The van der Waals surface area contributed by atoms with Gasteiger partial charge in [-0.2, -0.15) is 0 Å². The first-order chi connectivity index (χ1) is 12.2. The van der Waals surface area contributed by atoms with Crippen LogP contribution in [-0.4, -0.2) is 45.5 Å². The zero-order valence-corrected chi connectivity index (χ0v) is 15.5. The van der Waals surface area contributed by atoms with Crippen molar-refractivity contribution in [2.45, 2.75) is 37.6 Å². The van der Waals surface area contributed by atoms with Crippen molar-refractivity contribution in [1.29, 1.82) is 0 Å². The van der Waals surface area contributed by atoms with Crippen LogP contribution in [-0.2, 0) is 14.6 Å². The van der Waals surface area contributed by atoms with E-state index in [-0.39, 0.29) is 30.0 Å². The van der Waals surface area contributed by atoms with Crippen LogP contribution >= 0.6 is 0 Å². The number of hydrogen-bond acceptors (Lipinski definition) is 4. The molecule has 26 heavy (non-hydrogen) atoms. The van der Waals surface area contributed by atoms with Gasteiger partial charge in [-0.05, 0) is 48.9 Å². The van der Waals surface area contributed by atoms with Gasteiger partial charge in [0.05, 0.1) is 5.75 Å². The fraction of sp³-hybridized carbons (Fsp3) is 0.611. The van der Waals surface area contributed by atoms with E-state index >= 15 is 0 Å². The van der Waals surface area contributed by atoms with E-state index in [9.17, 15) is 22.0 Å². The Balaban J connectivity index is 1.66. The Hall–Kier alpha value is -1.54. The van der Waals surface area contributed by atoms with Crippen molar-refractivity contribution in [3.8, 4) is 0 Å². The van der Waals surface area contributed by atoms with Crippen LogP contribution in [0.5, 0.6) is 0 Å². The monoisotopic (exact) mass is 386 g/mol. The number of piperidine rings is 1. The van der Waals surface area contributed by atoms with Gasteiger partial charge in [0.1, 0.15) is 9.84 Å². The second kappa shape index (κ2) is 7.23. The maximum absolute atomic E-state index is 13.6. The summed E-state index contributed by atoms with van der Waals surface area (Å²) in [6.07, 6.45) is 3.55. The average molecular weight is 386 g/mol. The normalized spacial score (nSPS) is 24.9. The van der Waals surface area contributed by atoms with Gasteiger partial charge in [0.2, 0.25) is 5.91 Å². The minimum absolute atomic E-state index is 0.0307. The van der Waals surface area contributed by atoms with Gasteiger partial charge in [-0.15, -0.1) is 0 Å². The smallest absolute Gasteiger partial charge is 0.220 e. The van der Waals surface area contributed by atoms with Crippen molar-refractivity contribution in [3.05, 3.63) is 35.4 Å². The Labute approximate surface area is 152 Å². The number of carbonyl (C=O) groups is 1. The molecule has 1 aliphatic heterocycles. The largest absolute Gasteiger partial charge is 0.351 e. The molecule has 3 rings (SSSR count). The Kier molecular flexibility index (Phi) is 5.35. The summed E-state index contributed by atoms with van der Waals surface area (Å²) < 4.78 is 49.9. The Morgan fingerprint density at radius 1 is 1.31 bits per heavy atom. The molecule has 1 aromatic rings. The number of carbonyl (C=O) groups excluding carboxylic acids is 1. The Morgan fingerprint density at radius 2 is 2.04 bits per heavy atom. The predicted molar refractivity (Wildman–Crippen MR) is 94.5 cm³/mol. The molecule has 2 aliphatic rings. The fourth-order valence-corrected chi connectivity index (χ4v) is 5.36. The van der Waals surface area contributed by atoms with Crippen LogP contribution < -0.4 is 10.6 Å². The molecule has 1 aromatic carbocycles. The number of sulfone groups is 1. The summed E-state index contributed by atoms with van der Waals surface area (Å²) in [5.41, 5.74) is 0.227. The lowest BCUT2D eigenvalue weighted by Gasteiger charge is -2.33. The zero-order chi connectivity index (χ0) is 18.9. The van der Waals surface area contributed by atoms with Crippen LogP contribution in [0.3, 0.4) is 0 Å². The summed E-state index contributed by atoms with van der Waals surface area (Å²) in [5, 5.41) is 6.18. The third-order valence-corrected chi connectivity index (χ3v) is 6.40. The molecule has 0 bridgehead atoms. The van der Waals surface area contributed by atoms with Gasteiger partial charge < -0.3 is 10.6 Å². The maximum atomic E-state index is 13.6. The molecule has 1 amide bonds. The van der Waals surface area contributed by atoms with Gasteiger partial charge in [-0.3, -0.25) is 4.79 Å². The van der Waals surface area contributed by atoms with Gasteiger partial charge in [-0.25, -0.2) is 17.2 Å². The third kappa shape index (κ3) is 4.79. The van der Waals surface area contributed by atoms with Gasteiger partial charge in [0.15, 0.2) is 11.6 Å². The molecule has 0 aromatic heterocycles. The highest BCUT2D eigenvalue weighted by Crippen LogP contribution is 2.49. The first-order valence-corrected chi connectivity index (χ1v) is 10.9. The predicted octanol–water partition coefficient (Wildman–Crippen LogP) is 1.74. The summed E-state index contributed by atoms with van der Waals surface area (Å²) in [5.74, 6) is -2.05. The average Bonchev–Trinajstić information content (AvgIpc) is 3.27. The molecule has 144 valence electrons. The van der Waals surface area contributed by atoms with Crippen molar-refractivity contribution < 1.29 is 22.0 Å². The van der Waals surface area contributed by atoms with Crippen LogP contribution in [0.25, 0.3) is 0 Å². The van der Waals surface area contributed by atoms with Crippen molar-refractivity contribution >= 4 is 15.7 Å². The molecule has 2 unspecified atom stereocenters. The molecular weight excluding hydrogens is 362 g/mol.